The maximum atomic E-state index is 11.7. The maximum Gasteiger partial charge on any atom is 0.330 e. The summed E-state index contributed by atoms with van der Waals surface area (Å²) in [5.41, 5.74) is -0.661. The first-order chi connectivity index (χ1) is 8.56. The standard InChI is InChI=1S/C10H13BrN2O5/c11-2-5-3-13(10(17)12-9(5)16)8-1-6(15)7(4-14)18-8/h3,6-8,14-15H,1-2,4H2,(H,12,16,17). The van der Waals surface area contributed by atoms with Crippen molar-refractivity contribution in [3.63, 3.8) is 0 Å². The molecule has 1 aromatic rings. The number of aromatic amines is 1. The van der Waals surface area contributed by atoms with Crippen LogP contribution in [-0.2, 0) is 10.1 Å². The Hall–Kier alpha value is -0.960. The zero-order valence-electron chi connectivity index (χ0n) is 9.38. The molecule has 1 aliphatic rings. The number of halogens is 1. The van der Waals surface area contributed by atoms with Crippen LogP contribution in [0.4, 0.5) is 0 Å². The van der Waals surface area contributed by atoms with Gasteiger partial charge >= 0.3 is 5.69 Å². The van der Waals surface area contributed by atoms with Crippen molar-refractivity contribution in [1.29, 1.82) is 0 Å². The Balaban J connectivity index is 2.35. The van der Waals surface area contributed by atoms with E-state index < -0.39 is 29.7 Å². The van der Waals surface area contributed by atoms with Crippen molar-refractivity contribution in [3.05, 3.63) is 32.6 Å². The van der Waals surface area contributed by atoms with E-state index in [-0.39, 0.29) is 13.0 Å². The van der Waals surface area contributed by atoms with Crippen LogP contribution in [0, 0.1) is 0 Å². The summed E-state index contributed by atoms with van der Waals surface area (Å²) in [6.07, 6.45) is -0.627. The number of nitrogens with zero attached hydrogens (tertiary/aromatic N) is 1. The summed E-state index contributed by atoms with van der Waals surface area (Å²) in [6.45, 7) is -0.318. The van der Waals surface area contributed by atoms with Gasteiger partial charge in [0, 0.05) is 23.5 Å². The van der Waals surface area contributed by atoms with E-state index in [0.29, 0.717) is 10.9 Å². The average molecular weight is 321 g/mol. The minimum absolute atomic E-state index is 0.193. The van der Waals surface area contributed by atoms with E-state index in [1.54, 1.807) is 0 Å². The summed E-state index contributed by atoms with van der Waals surface area (Å²) in [6, 6.07) is 0. The fraction of sp³-hybridized carbons (Fsp3) is 0.600. The zero-order valence-corrected chi connectivity index (χ0v) is 11.0. The third-order valence-electron chi connectivity index (χ3n) is 2.88. The third kappa shape index (κ3) is 2.41. The lowest BCUT2D eigenvalue weighted by Gasteiger charge is -2.14. The van der Waals surface area contributed by atoms with Gasteiger partial charge < -0.3 is 14.9 Å². The lowest BCUT2D eigenvalue weighted by Crippen LogP contribution is -2.34. The van der Waals surface area contributed by atoms with Crippen LogP contribution in [0.5, 0.6) is 0 Å². The SMILES string of the molecule is O=c1[nH]c(=O)n(C2CC(O)C(CO)O2)cc1CBr. The lowest BCUT2D eigenvalue weighted by atomic mass is 10.2. The summed E-state index contributed by atoms with van der Waals surface area (Å²) < 4.78 is 6.57. The number of aliphatic hydroxyl groups excluding tert-OH is 2. The van der Waals surface area contributed by atoms with Crippen LogP contribution in [-0.4, -0.2) is 38.6 Å². The molecule has 0 aromatic carbocycles. The molecule has 0 bridgehead atoms. The van der Waals surface area contributed by atoms with Gasteiger partial charge in [-0.3, -0.25) is 14.3 Å². The van der Waals surface area contributed by atoms with Crippen LogP contribution in [0.15, 0.2) is 15.8 Å². The van der Waals surface area contributed by atoms with E-state index in [2.05, 4.69) is 20.9 Å². The highest BCUT2D eigenvalue weighted by Crippen LogP contribution is 2.27. The predicted molar refractivity (Wildman–Crippen MR) is 65.6 cm³/mol. The smallest absolute Gasteiger partial charge is 0.330 e. The molecule has 0 amide bonds. The number of hydrogen-bond donors (Lipinski definition) is 3. The van der Waals surface area contributed by atoms with Crippen molar-refractivity contribution in [2.75, 3.05) is 6.61 Å². The molecule has 8 heteroatoms. The first-order valence-electron chi connectivity index (χ1n) is 5.41. The van der Waals surface area contributed by atoms with Crippen LogP contribution in [0.25, 0.3) is 0 Å². The zero-order chi connectivity index (χ0) is 13.3. The molecular formula is C10H13BrN2O5. The molecule has 0 spiro atoms. The van der Waals surface area contributed by atoms with Crippen LogP contribution >= 0.6 is 15.9 Å². The van der Waals surface area contributed by atoms with E-state index in [1.807, 2.05) is 0 Å². The van der Waals surface area contributed by atoms with Gasteiger partial charge in [-0.05, 0) is 0 Å². The Bertz CT molecular complexity index is 540. The van der Waals surface area contributed by atoms with Gasteiger partial charge in [0.2, 0.25) is 0 Å². The number of nitrogens with one attached hydrogen (secondary N) is 1. The Morgan fingerprint density at radius 2 is 2.28 bits per heavy atom. The number of H-pyrrole nitrogens is 1. The van der Waals surface area contributed by atoms with Gasteiger partial charge in [0.15, 0.2) is 0 Å². The molecule has 2 heterocycles. The molecule has 0 saturated carbocycles. The van der Waals surface area contributed by atoms with Crippen molar-refractivity contribution in [1.82, 2.24) is 9.55 Å². The first-order valence-corrected chi connectivity index (χ1v) is 6.53. The normalized spacial score (nSPS) is 27.6. The molecule has 18 heavy (non-hydrogen) atoms. The Kier molecular flexibility index (Phi) is 4.00. The van der Waals surface area contributed by atoms with Crippen LogP contribution < -0.4 is 11.2 Å². The highest BCUT2D eigenvalue weighted by Gasteiger charge is 2.35. The van der Waals surface area contributed by atoms with Crippen molar-refractivity contribution < 1.29 is 14.9 Å². The Labute approximate surface area is 110 Å². The molecule has 2 rings (SSSR count). The lowest BCUT2D eigenvalue weighted by molar-refractivity contribution is -0.0459. The van der Waals surface area contributed by atoms with E-state index in [4.69, 9.17) is 9.84 Å². The van der Waals surface area contributed by atoms with Crippen molar-refractivity contribution >= 4 is 15.9 Å². The Morgan fingerprint density at radius 1 is 1.56 bits per heavy atom. The Morgan fingerprint density at radius 3 is 2.83 bits per heavy atom. The molecule has 3 unspecified atom stereocenters. The minimum atomic E-state index is -0.828. The number of alkyl halides is 1. The maximum absolute atomic E-state index is 11.7. The van der Waals surface area contributed by atoms with E-state index >= 15 is 0 Å². The molecule has 1 aromatic heterocycles. The number of aliphatic hydroxyl groups is 2. The molecular weight excluding hydrogens is 308 g/mol. The van der Waals surface area contributed by atoms with Crippen LogP contribution in [0.1, 0.15) is 18.2 Å². The summed E-state index contributed by atoms with van der Waals surface area (Å²) in [4.78, 5) is 25.2. The number of rotatable bonds is 3. The second-order valence-electron chi connectivity index (χ2n) is 4.07. The number of ether oxygens (including phenoxy) is 1. The molecule has 1 fully saturated rings. The first kappa shape index (κ1) is 13.5. The molecule has 3 N–H and O–H groups in total. The largest absolute Gasteiger partial charge is 0.394 e. The number of aromatic nitrogens is 2. The topological polar surface area (TPSA) is 105 Å². The number of hydrogen-bond acceptors (Lipinski definition) is 5. The van der Waals surface area contributed by atoms with Gasteiger partial charge in [-0.15, -0.1) is 0 Å². The predicted octanol–water partition coefficient (Wildman–Crippen LogP) is -0.928. The molecule has 0 radical (unpaired) electrons. The van der Waals surface area contributed by atoms with Gasteiger partial charge in [-0.2, -0.15) is 0 Å². The molecule has 0 aliphatic carbocycles. The monoisotopic (exact) mass is 320 g/mol. The molecule has 3 atom stereocenters. The van der Waals surface area contributed by atoms with Gasteiger partial charge in [-0.1, -0.05) is 15.9 Å². The molecule has 1 aliphatic heterocycles. The summed E-state index contributed by atoms with van der Waals surface area (Å²) in [5, 5.41) is 18.9. The minimum Gasteiger partial charge on any atom is -0.394 e. The molecule has 1 saturated heterocycles. The second-order valence-corrected chi connectivity index (χ2v) is 4.63. The van der Waals surface area contributed by atoms with E-state index in [9.17, 15) is 14.7 Å². The highest BCUT2D eigenvalue weighted by atomic mass is 79.9. The summed E-state index contributed by atoms with van der Waals surface area (Å²) >= 11 is 3.15. The summed E-state index contributed by atoms with van der Waals surface area (Å²) in [5.74, 6) is 0. The fourth-order valence-corrected chi connectivity index (χ4v) is 2.29. The summed E-state index contributed by atoms with van der Waals surface area (Å²) in [7, 11) is 0. The van der Waals surface area contributed by atoms with Crippen LogP contribution in [0.3, 0.4) is 0 Å². The van der Waals surface area contributed by atoms with Crippen molar-refractivity contribution in [2.45, 2.75) is 30.2 Å². The second kappa shape index (κ2) is 5.35. The molecule has 7 nitrogen and oxygen atoms in total. The highest BCUT2D eigenvalue weighted by molar-refractivity contribution is 9.08. The van der Waals surface area contributed by atoms with Crippen molar-refractivity contribution in [2.24, 2.45) is 0 Å². The van der Waals surface area contributed by atoms with Gasteiger partial charge in [0.25, 0.3) is 5.56 Å². The van der Waals surface area contributed by atoms with Crippen molar-refractivity contribution in [3.8, 4) is 0 Å². The fourth-order valence-electron chi connectivity index (χ4n) is 1.89. The van der Waals surface area contributed by atoms with E-state index in [1.165, 1.54) is 10.8 Å². The van der Waals surface area contributed by atoms with Gasteiger partial charge in [0.1, 0.15) is 12.3 Å². The van der Waals surface area contributed by atoms with Crippen LogP contribution in [0.2, 0.25) is 0 Å². The quantitative estimate of drug-likeness (QED) is 0.624. The van der Waals surface area contributed by atoms with Gasteiger partial charge in [-0.25, -0.2) is 4.79 Å². The third-order valence-corrected chi connectivity index (χ3v) is 3.48. The average Bonchev–Trinajstić information content (AvgIpc) is 2.70. The van der Waals surface area contributed by atoms with E-state index in [0.717, 1.165) is 0 Å². The molecule has 100 valence electrons. The van der Waals surface area contributed by atoms with Gasteiger partial charge in [0.05, 0.1) is 12.7 Å².